The number of rotatable bonds is 26. The van der Waals surface area contributed by atoms with Gasteiger partial charge in [0.25, 0.3) is 23.6 Å². The van der Waals surface area contributed by atoms with Crippen LogP contribution in [-0.4, -0.2) is 117 Å². The van der Waals surface area contributed by atoms with Crippen LogP contribution in [0.1, 0.15) is 99.3 Å². The first-order valence-corrected chi connectivity index (χ1v) is 19.1. The lowest BCUT2D eigenvalue weighted by Crippen LogP contribution is -2.44. The Kier molecular flexibility index (Phi) is 19.0. The van der Waals surface area contributed by atoms with Crippen LogP contribution in [0.3, 0.4) is 0 Å². The summed E-state index contributed by atoms with van der Waals surface area (Å²) in [7, 11) is 0. The van der Waals surface area contributed by atoms with Gasteiger partial charge in [0, 0.05) is 87.8 Å². The Hall–Kier alpha value is -5.68. The quantitative estimate of drug-likeness (QED) is 0.0838. The first kappa shape index (κ1) is 47.5. The second-order valence-corrected chi connectivity index (χ2v) is 14.5. The van der Waals surface area contributed by atoms with Gasteiger partial charge < -0.3 is 21.3 Å². The van der Waals surface area contributed by atoms with Gasteiger partial charge in [-0.3, -0.25) is 67.3 Å². The predicted octanol–water partition coefficient (Wildman–Crippen LogP) is -0.0853. The van der Waals surface area contributed by atoms with E-state index in [4.69, 9.17) is 0 Å². The van der Waals surface area contributed by atoms with Crippen LogP contribution in [-0.2, 0) is 57.5 Å². The summed E-state index contributed by atoms with van der Waals surface area (Å²) in [5, 5.41) is 10.2. The van der Waals surface area contributed by atoms with Crippen LogP contribution in [0.2, 0.25) is 0 Å². The second-order valence-electron chi connectivity index (χ2n) is 14.5. The molecule has 18 nitrogen and oxygen atoms in total. The van der Waals surface area contributed by atoms with Crippen LogP contribution in [0.15, 0.2) is 24.3 Å². The van der Waals surface area contributed by atoms with Crippen LogP contribution < -0.4 is 21.3 Å². The SMILES string of the molecule is CC(CC(=O)C(C)NC(=O)CCCC(=O)NC(C)C(=O)CC(C)C(=O)NC(C)C(=O)CCCN1C(=O)C=CC1=O)C(=O)NC(C)C(=O)CCCN1C(=O)C=CC1=O. The van der Waals surface area contributed by atoms with Gasteiger partial charge in [-0.2, -0.15) is 0 Å². The van der Waals surface area contributed by atoms with Crippen molar-refractivity contribution in [2.75, 3.05) is 13.1 Å². The van der Waals surface area contributed by atoms with Crippen LogP contribution in [0.5, 0.6) is 0 Å². The number of carbonyl (C=O) groups is 12. The average Bonchev–Trinajstić information content (AvgIpc) is 3.64. The molecule has 0 aromatic rings. The number of Topliss-reactive ketones (excluding diaryl/α,β-unsaturated/α-hetero) is 4. The highest BCUT2D eigenvalue weighted by Gasteiger charge is 2.28. The van der Waals surface area contributed by atoms with Gasteiger partial charge in [-0.15, -0.1) is 0 Å². The molecular formula is C39H54N6O12. The maximum Gasteiger partial charge on any atom is 0.253 e. The van der Waals surface area contributed by atoms with E-state index in [1.807, 2.05) is 0 Å². The maximum atomic E-state index is 12.7. The molecular weight excluding hydrogens is 744 g/mol. The zero-order chi connectivity index (χ0) is 43.0. The Bertz CT molecular complexity index is 1530. The fraction of sp³-hybridized carbons (Fsp3) is 0.590. The van der Waals surface area contributed by atoms with Gasteiger partial charge >= 0.3 is 0 Å². The van der Waals surface area contributed by atoms with E-state index in [0.29, 0.717) is 0 Å². The fourth-order valence-electron chi connectivity index (χ4n) is 5.77. The Balaban J connectivity index is 1.62. The Labute approximate surface area is 331 Å². The summed E-state index contributed by atoms with van der Waals surface area (Å²) in [6.45, 7) is 9.09. The fourth-order valence-corrected chi connectivity index (χ4v) is 5.77. The molecule has 2 aliphatic heterocycles. The summed E-state index contributed by atoms with van der Waals surface area (Å²) in [5.74, 6) is -6.91. The van der Waals surface area contributed by atoms with Gasteiger partial charge in [0.1, 0.15) is 0 Å². The van der Waals surface area contributed by atoms with E-state index in [2.05, 4.69) is 21.3 Å². The zero-order valence-electron chi connectivity index (χ0n) is 33.3. The van der Waals surface area contributed by atoms with E-state index in [9.17, 15) is 57.5 Å². The normalized spacial score (nSPS) is 16.7. The molecule has 2 rings (SSSR count). The minimum atomic E-state index is -0.930. The van der Waals surface area contributed by atoms with Gasteiger partial charge in [0.2, 0.25) is 23.6 Å². The molecule has 312 valence electrons. The summed E-state index contributed by atoms with van der Waals surface area (Å²) >= 11 is 0. The smallest absolute Gasteiger partial charge is 0.253 e. The van der Waals surface area contributed by atoms with Gasteiger partial charge in [0.15, 0.2) is 23.1 Å². The van der Waals surface area contributed by atoms with Crippen LogP contribution in [0.25, 0.3) is 0 Å². The van der Waals surface area contributed by atoms with Crippen molar-refractivity contribution >= 4 is 70.4 Å². The first-order valence-electron chi connectivity index (χ1n) is 19.1. The molecule has 4 N–H and O–H groups in total. The number of carbonyl (C=O) groups excluding carboxylic acids is 12. The highest BCUT2D eigenvalue weighted by atomic mass is 16.2. The monoisotopic (exact) mass is 798 g/mol. The van der Waals surface area contributed by atoms with Gasteiger partial charge in [-0.1, -0.05) is 13.8 Å². The predicted molar refractivity (Wildman–Crippen MR) is 202 cm³/mol. The van der Waals surface area contributed by atoms with Gasteiger partial charge in [-0.25, -0.2) is 0 Å². The number of amides is 8. The lowest BCUT2D eigenvalue weighted by atomic mass is 9.99. The van der Waals surface area contributed by atoms with E-state index in [1.165, 1.54) is 41.5 Å². The van der Waals surface area contributed by atoms with Gasteiger partial charge in [-0.05, 0) is 47.0 Å². The molecule has 0 radical (unpaired) electrons. The highest BCUT2D eigenvalue weighted by Crippen LogP contribution is 2.11. The summed E-state index contributed by atoms with van der Waals surface area (Å²) in [5.41, 5.74) is 0. The first-order chi connectivity index (χ1) is 26.7. The van der Waals surface area contributed by atoms with Crippen LogP contribution in [0.4, 0.5) is 0 Å². The van der Waals surface area contributed by atoms with Crippen LogP contribution in [0, 0.1) is 11.8 Å². The molecule has 0 fully saturated rings. The van der Waals surface area contributed by atoms with Crippen molar-refractivity contribution in [3.8, 4) is 0 Å². The Morgan fingerprint density at radius 1 is 0.439 bits per heavy atom. The van der Waals surface area contributed by atoms with E-state index >= 15 is 0 Å². The van der Waals surface area contributed by atoms with E-state index in [1.54, 1.807) is 0 Å². The average molecular weight is 799 g/mol. The minimum absolute atomic E-state index is 0.0247. The third-order valence-corrected chi connectivity index (χ3v) is 9.53. The number of nitrogens with one attached hydrogen (secondary N) is 4. The van der Waals surface area contributed by atoms with Crippen molar-refractivity contribution in [2.45, 2.75) is 123 Å². The number of ketones is 4. The third kappa shape index (κ3) is 15.8. The number of hydrogen-bond donors (Lipinski definition) is 4. The summed E-state index contributed by atoms with van der Waals surface area (Å²) in [6.07, 6.45) is 4.63. The molecule has 0 saturated heterocycles. The largest absolute Gasteiger partial charge is 0.347 e. The molecule has 8 amide bonds. The van der Waals surface area contributed by atoms with Crippen molar-refractivity contribution in [1.29, 1.82) is 0 Å². The molecule has 2 aliphatic rings. The van der Waals surface area contributed by atoms with Crippen molar-refractivity contribution in [2.24, 2.45) is 11.8 Å². The Morgan fingerprint density at radius 2 is 0.737 bits per heavy atom. The minimum Gasteiger partial charge on any atom is -0.347 e. The number of hydrogen-bond acceptors (Lipinski definition) is 12. The number of imide groups is 2. The molecule has 6 atom stereocenters. The molecule has 0 spiro atoms. The van der Waals surface area contributed by atoms with E-state index < -0.39 is 94.8 Å². The lowest BCUT2D eigenvalue weighted by Gasteiger charge is -2.19. The lowest BCUT2D eigenvalue weighted by molar-refractivity contribution is -0.138. The van der Waals surface area contributed by atoms with Crippen molar-refractivity contribution in [3.05, 3.63) is 24.3 Å². The van der Waals surface area contributed by atoms with Gasteiger partial charge in [0.05, 0.1) is 24.2 Å². The summed E-state index contributed by atoms with van der Waals surface area (Å²) in [6, 6.07) is -3.58. The topological polar surface area (TPSA) is 259 Å². The van der Waals surface area contributed by atoms with Crippen LogP contribution >= 0.6 is 0 Å². The van der Waals surface area contributed by atoms with Crippen molar-refractivity contribution < 1.29 is 57.5 Å². The van der Waals surface area contributed by atoms with Crippen molar-refractivity contribution in [3.63, 3.8) is 0 Å². The molecule has 18 heteroatoms. The molecule has 0 aromatic carbocycles. The van der Waals surface area contributed by atoms with E-state index in [0.717, 1.165) is 34.1 Å². The molecule has 2 heterocycles. The summed E-state index contributed by atoms with van der Waals surface area (Å²) < 4.78 is 0. The molecule has 0 aromatic heterocycles. The second kappa shape index (κ2) is 22.8. The standard InChI is InChI=1S/C39H54N6O12/c1-22(38(56)42-24(3)28(46)10-8-18-44-34(52)14-15-35(44)53)20-30(48)26(5)40-32(50)12-7-13-33(51)41-27(6)31(49)21-23(2)39(57)43-25(4)29(47)11-9-19-45-36(54)16-17-37(45)55/h14-17,22-27H,7-13,18-21H2,1-6H3,(H,40,50)(H,41,51)(H,42,56)(H,43,57). The molecule has 0 aliphatic carbocycles. The summed E-state index contributed by atoms with van der Waals surface area (Å²) in [4.78, 5) is 149. The molecule has 57 heavy (non-hydrogen) atoms. The molecule has 6 unspecified atom stereocenters. The Morgan fingerprint density at radius 3 is 1.05 bits per heavy atom. The zero-order valence-corrected chi connectivity index (χ0v) is 33.3. The number of nitrogens with zero attached hydrogens (tertiary/aromatic N) is 2. The third-order valence-electron chi connectivity index (χ3n) is 9.53. The highest BCUT2D eigenvalue weighted by molar-refractivity contribution is 6.13. The molecule has 0 bridgehead atoms. The maximum absolute atomic E-state index is 12.7. The van der Waals surface area contributed by atoms with Crippen molar-refractivity contribution in [1.82, 2.24) is 31.1 Å². The van der Waals surface area contributed by atoms with E-state index in [-0.39, 0.29) is 82.4 Å². The molecule has 0 saturated carbocycles.